The van der Waals surface area contributed by atoms with Crippen LogP contribution >= 0.6 is 23.2 Å². The summed E-state index contributed by atoms with van der Waals surface area (Å²) < 4.78 is 5.36. The second-order valence-corrected chi connectivity index (χ2v) is 3.14. The zero-order chi connectivity index (χ0) is 9.52. The molecule has 3 heteroatoms. The summed E-state index contributed by atoms with van der Waals surface area (Å²) in [6.07, 6.45) is 3.72. The number of hydrogen-bond donors (Lipinski definition) is 0. The molecule has 0 bridgehead atoms. The number of halogens is 2. The van der Waals surface area contributed by atoms with E-state index in [1.54, 1.807) is 12.1 Å². The minimum Gasteiger partial charge on any atom is -0.490 e. The van der Waals surface area contributed by atoms with Crippen LogP contribution in [-0.4, -0.2) is 12.5 Å². The standard InChI is InChI=1S/C10H10Cl2O/c11-7-1-2-8-13-10-5-3-9(12)4-6-10/h1-6H,7-8H2. The molecule has 13 heavy (non-hydrogen) atoms. The van der Waals surface area contributed by atoms with Crippen LogP contribution in [0.4, 0.5) is 0 Å². The zero-order valence-corrected chi connectivity index (χ0v) is 8.55. The molecule has 0 atom stereocenters. The van der Waals surface area contributed by atoms with Gasteiger partial charge >= 0.3 is 0 Å². The number of allylic oxidation sites excluding steroid dienone is 1. The van der Waals surface area contributed by atoms with Crippen LogP contribution in [0.25, 0.3) is 0 Å². The van der Waals surface area contributed by atoms with E-state index >= 15 is 0 Å². The maximum absolute atomic E-state index is 5.71. The molecule has 1 nitrogen and oxygen atoms in total. The van der Waals surface area contributed by atoms with Gasteiger partial charge in [0.15, 0.2) is 0 Å². The van der Waals surface area contributed by atoms with E-state index in [1.807, 2.05) is 24.3 Å². The monoisotopic (exact) mass is 216 g/mol. The van der Waals surface area contributed by atoms with E-state index in [2.05, 4.69) is 0 Å². The summed E-state index contributed by atoms with van der Waals surface area (Å²) in [5.41, 5.74) is 0. The lowest BCUT2D eigenvalue weighted by atomic mass is 10.3. The zero-order valence-electron chi connectivity index (χ0n) is 7.04. The molecule has 1 aromatic rings. The van der Waals surface area contributed by atoms with Gasteiger partial charge in [0, 0.05) is 10.9 Å². The second-order valence-electron chi connectivity index (χ2n) is 2.39. The van der Waals surface area contributed by atoms with Crippen molar-refractivity contribution in [1.82, 2.24) is 0 Å². The summed E-state index contributed by atoms with van der Waals surface area (Å²) in [6.45, 7) is 0.536. The molecule has 1 rings (SSSR count). The van der Waals surface area contributed by atoms with Gasteiger partial charge in [-0.1, -0.05) is 23.8 Å². The highest BCUT2D eigenvalue weighted by atomic mass is 35.5. The average molecular weight is 217 g/mol. The first kappa shape index (κ1) is 10.4. The molecule has 0 radical (unpaired) electrons. The van der Waals surface area contributed by atoms with Crippen molar-refractivity contribution in [2.45, 2.75) is 0 Å². The van der Waals surface area contributed by atoms with Crippen LogP contribution in [-0.2, 0) is 0 Å². The van der Waals surface area contributed by atoms with Gasteiger partial charge in [-0.25, -0.2) is 0 Å². The molecule has 0 heterocycles. The van der Waals surface area contributed by atoms with Crippen molar-refractivity contribution in [3.05, 3.63) is 41.4 Å². The number of ether oxygens (including phenoxy) is 1. The molecule has 0 fully saturated rings. The predicted octanol–water partition coefficient (Wildman–Crippen LogP) is 3.51. The van der Waals surface area contributed by atoms with Gasteiger partial charge in [0.25, 0.3) is 0 Å². The molecule has 0 spiro atoms. The van der Waals surface area contributed by atoms with Gasteiger partial charge in [-0.3, -0.25) is 0 Å². The highest BCUT2D eigenvalue weighted by molar-refractivity contribution is 6.30. The van der Waals surface area contributed by atoms with Crippen molar-refractivity contribution < 1.29 is 4.74 Å². The Bertz CT molecular complexity index is 267. The predicted molar refractivity (Wildman–Crippen MR) is 56.8 cm³/mol. The molecule has 0 N–H and O–H groups in total. The fraction of sp³-hybridized carbons (Fsp3) is 0.200. The summed E-state index contributed by atoms with van der Waals surface area (Å²) in [6, 6.07) is 7.25. The fourth-order valence-corrected chi connectivity index (χ4v) is 1.06. The van der Waals surface area contributed by atoms with Gasteiger partial charge < -0.3 is 4.74 Å². The Kier molecular flexibility index (Phi) is 4.73. The molecule has 1 aromatic carbocycles. The third-order valence-electron chi connectivity index (χ3n) is 1.42. The summed E-state index contributed by atoms with van der Waals surface area (Å²) in [5.74, 6) is 1.33. The van der Waals surface area contributed by atoms with Crippen molar-refractivity contribution in [3.63, 3.8) is 0 Å². The maximum atomic E-state index is 5.71. The molecular formula is C10H10Cl2O. The minimum atomic E-state index is 0.518. The third kappa shape index (κ3) is 4.20. The summed E-state index contributed by atoms with van der Waals surface area (Å²) in [7, 11) is 0. The minimum absolute atomic E-state index is 0.518. The summed E-state index contributed by atoms with van der Waals surface area (Å²) in [4.78, 5) is 0. The molecule has 0 amide bonds. The molecule has 0 aliphatic rings. The van der Waals surface area contributed by atoms with Gasteiger partial charge in [0.05, 0.1) is 0 Å². The van der Waals surface area contributed by atoms with Crippen LogP contribution in [0.1, 0.15) is 0 Å². The molecule has 0 unspecified atom stereocenters. The van der Waals surface area contributed by atoms with Crippen LogP contribution in [0.3, 0.4) is 0 Å². The lowest BCUT2D eigenvalue weighted by molar-refractivity contribution is 0.363. The van der Waals surface area contributed by atoms with E-state index in [-0.39, 0.29) is 0 Å². The summed E-state index contributed by atoms with van der Waals surface area (Å²) in [5, 5.41) is 0.712. The van der Waals surface area contributed by atoms with E-state index in [0.29, 0.717) is 17.5 Å². The lowest BCUT2D eigenvalue weighted by Crippen LogP contribution is -1.92. The third-order valence-corrected chi connectivity index (χ3v) is 1.85. The summed E-state index contributed by atoms with van der Waals surface area (Å²) >= 11 is 11.2. The highest BCUT2D eigenvalue weighted by Crippen LogP contribution is 2.15. The van der Waals surface area contributed by atoms with Gasteiger partial charge in [-0.2, -0.15) is 0 Å². The Labute approximate surface area is 87.9 Å². The average Bonchev–Trinajstić information content (AvgIpc) is 2.15. The van der Waals surface area contributed by atoms with Crippen LogP contribution in [0, 0.1) is 0 Å². The Hall–Kier alpha value is -0.660. The Balaban J connectivity index is 2.37. The number of hydrogen-bond acceptors (Lipinski definition) is 1. The van der Waals surface area contributed by atoms with E-state index < -0.39 is 0 Å². The quantitative estimate of drug-likeness (QED) is 0.553. The molecule has 0 aliphatic carbocycles. The van der Waals surface area contributed by atoms with Gasteiger partial charge in [0.2, 0.25) is 0 Å². The SMILES string of the molecule is ClCC=CCOc1ccc(Cl)cc1. The molecule has 0 saturated carbocycles. The van der Waals surface area contributed by atoms with Gasteiger partial charge in [-0.15, -0.1) is 11.6 Å². The van der Waals surface area contributed by atoms with E-state index in [4.69, 9.17) is 27.9 Å². The van der Waals surface area contributed by atoms with Crippen LogP contribution < -0.4 is 4.74 Å². The van der Waals surface area contributed by atoms with E-state index in [0.717, 1.165) is 5.75 Å². The van der Waals surface area contributed by atoms with Crippen molar-refractivity contribution in [3.8, 4) is 5.75 Å². The smallest absolute Gasteiger partial charge is 0.119 e. The molecular weight excluding hydrogens is 207 g/mol. The van der Waals surface area contributed by atoms with Gasteiger partial charge in [-0.05, 0) is 24.3 Å². The van der Waals surface area contributed by atoms with Crippen LogP contribution in [0.5, 0.6) is 5.75 Å². The van der Waals surface area contributed by atoms with Crippen molar-refractivity contribution >= 4 is 23.2 Å². The van der Waals surface area contributed by atoms with E-state index in [1.165, 1.54) is 0 Å². The van der Waals surface area contributed by atoms with Crippen molar-refractivity contribution in [2.24, 2.45) is 0 Å². The molecule has 0 saturated heterocycles. The first-order valence-electron chi connectivity index (χ1n) is 3.92. The number of alkyl halides is 1. The Morgan fingerprint density at radius 3 is 2.46 bits per heavy atom. The highest BCUT2D eigenvalue weighted by Gasteiger charge is 1.90. The molecule has 70 valence electrons. The lowest BCUT2D eigenvalue weighted by Gasteiger charge is -2.01. The largest absolute Gasteiger partial charge is 0.490 e. The topological polar surface area (TPSA) is 9.23 Å². The van der Waals surface area contributed by atoms with Crippen molar-refractivity contribution in [2.75, 3.05) is 12.5 Å². The van der Waals surface area contributed by atoms with Crippen LogP contribution in [0.15, 0.2) is 36.4 Å². The molecule has 0 aromatic heterocycles. The Morgan fingerprint density at radius 2 is 1.85 bits per heavy atom. The number of benzene rings is 1. The maximum Gasteiger partial charge on any atom is 0.119 e. The number of rotatable bonds is 4. The Morgan fingerprint density at radius 1 is 1.15 bits per heavy atom. The fourth-order valence-electron chi connectivity index (χ4n) is 0.806. The second kappa shape index (κ2) is 5.90. The normalized spacial score (nSPS) is 10.6. The first-order chi connectivity index (χ1) is 6.33. The van der Waals surface area contributed by atoms with E-state index in [9.17, 15) is 0 Å². The van der Waals surface area contributed by atoms with Crippen LogP contribution in [0.2, 0.25) is 5.02 Å². The van der Waals surface area contributed by atoms with Crippen molar-refractivity contribution in [1.29, 1.82) is 0 Å². The molecule has 0 aliphatic heterocycles. The van der Waals surface area contributed by atoms with Gasteiger partial charge in [0.1, 0.15) is 12.4 Å². The first-order valence-corrected chi connectivity index (χ1v) is 4.83.